The molecule has 0 aliphatic rings. The summed E-state index contributed by atoms with van der Waals surface area (Å²) in [7, 11) is 0. The smallest absolute Gasteiger partial charge is 0.0598 e. The zero-order chi connectivity index (χ0) is 17.3. The minimum absolute atomic E-state index is 0.0952. The van der Waals surface area contributed by atoms with Crippen molar-refractivity contribution < 1.29 is 9.84 Å². The van der Waals surface area contributed by atoms with E-state index in [0.29, 0.717) is 6.61 Å². The number of rotatable bonds is 5. The van der Waals surface area contributed by atoms with Crippen LogP contribution < -0.4 is 0 Å². The standard InChI is InChI=1S/C20H31NO2/c1-19(2,3)17-12-21(18-10-8-7-9-16(17)18)11-15(13-22)14-23-20(4,5)6/h7-10,12,15,22H,11,13-14H2,1-6H3. The molecule has 0 bridgehead atoms. The van der Waals surface area contributed by atoms with Crippen LogP contribution in [0.25, 0.3) is 10.9 Å². The molecule has 0 spiro atoms. The van der Waals surface area contributed by atoms with Crippen LogP contribution >= 0.6 is 0 Å². The highest BCUT2D eigenvalue weighted by atomic mass is 16.5. The van der Waals surface area contributed by atoms with E-state index in [1.54, 1.807) is 0 Å². The molecule has 0 saturated carbocycles. The Kier molecular flexibility index (Phi) is 5.22. The van der Waals surface area contributed by atoms with Crippen molar-refractivity contribution in [3.8, 4) is 0 Å². The summed E-state index contributed by atoms with van der Waals surface area (Å²) in [6.07, 6.45) is 2.24. The molecule has 1 unspecified atom stereocenters. The van der Waals surface area contributed by atoms with Gasteiger partial charge in [0.1, 0.15) is 0 Å². The molecule has 23 heavy (non-hydrogen) atoms. The van der Waals surface area contributed by atoms with Gasteiger partial charge in [-0.15, -0.1) is 0 Å². The Labute approximate surface area is 140 Å². The first-order valence-electron chi connectivity index (χ1n) is 8.45. The number of ether oxygens (including phenoxy) is 1. The summed E-state index contributed by atoms with van der Waals surface area (Å²) in [6.45, 7) is 14.3. The summed E-state index contributed by atoms with van der Waals surface area (Å²) in [6, 6.07) is 8.51. The third-order valence-electron chi connectivity index (χ3n) is 4.06. The van der Waals surface area contributed by atoms with E-state index in [-0.39, 0.29) is 23.5 Å². The van der Waals surface area contributed by atoms with E-state index >= 15 is 0 Å². The van der Waals surface area contributed by atoms with Gasteiger partial charge >= 0.3 is 0 Å². The van der Waals surface area contributed by atoms with Crippen molar-refractivity contribution in [2.45, 2.75) is 59.1 Å². The number of benzene rings is 1. The normalized spacial score (nSPS) is 14.4. The maximum Gasteiger partial charge on any atom is 0.0598 e. The van der Waals surface area contributed by atoms with E-state index in [1.165, 1.54) is 16.5 Å². The van der Waals surface area contributed by atoms with Gasteiger partial charge in [-0.1, -0.05) is 39.0 Å². The Bertz CT molecular complexity index is 644. The third kappa shape index (κ3) is 4.58. The molecule has 0 fully saturated rings. The molecule has 2 aromatic rings. The average Bonchev–Trinajstić information content (AvgIpc) is 2.81. The van der Waals surface area contributed by atoms with Crippen LogP contribution in [0, 0.1) is 5.92 Å². The monoisotopic (exact) mass is 317 g/mol. The first kappa shape index (κ1) is 18.0. The van der Waals surface area contributed by atoms with Crippen LogP contribution in [0.3, 0.4) is 0 Å². The predicted molar refractivity (Wildman–Crippen MR) is 96.9 cm³/mol. The van der Waals surface area contributed by atoms with Crippen LogP contribution in [0.4, 0.5) is 0 Å². The number of nitrogens with zero attached hydrogens (tertiary/aromatic N) is 1. The van der Waals surface area contributed by atoms with E-state index in [0.717, 1.165) is 6.54 Å². The molecule has 1 N–H and O–H groups in total. The van der Waals surface area contributed by atoms with Gasteiger partial charge in [0, 0.05) is 36.2 Å². The molecule has 0 radical (unpaired) electrons. The summed E-state index contributed by atoms with van der Waals surface area (Å²) in [5.41, 5.74) is 2.50. The van der Waals surface area contributed by atoms with Crippen molar-refractivity contribution in [2.24, 2.45) is 5.92 Å². The Morgan fingerprint density at radius 1 is 1.09 bits per heavy atom. The molecule has 3 heteroatoms. The van der Waals surface area contributed by atoms with Crippen LogP contribution in [0.5, 0.6) is 0 Å². The van der Waals surface area contributed by atoms with Crippen LogP contribution in [0.1, 0.15) is 47.1 Å². The molecular weight excluding hydrogens is 286 g/mol. The summed E-state index contributed by atoms with van der Waals surface area (Å²) >= 11 is 0. The SMILES string of the molecule is CC(C)(C)OCC(CO)Cn1cc(C(C)(C)C)c2ccccc21. The average molecular weight is 317 g/mol. The quantitative estimate of drug-likeness (QED) is 0.889. The van der Waals surface area contributed by atoms with Gasteiger partial charge in [0.15, 0.2) is 0 Å². The highest BCUT2D eigenvalue weighted by Crippen LogP contribution is 2.32. The number of fused-ring (bicyclic) bond motifs is 1. The lowest BCUT2D eigenvalue weighted by molar-refractivity contribution is -0.0337. The fourth-order valence-corrected chi connectivity index (χ4v) is 2.80. The Morgan fingerprint density at radius 3 is 2.30 bits per heavy atom. The summed E-state index contributed by atoms with van der Waals surface area (Å²) in [5.74, 6) is 0.0952. The number of aliphatic hydroxyl groups is 1. The fourth-order valence-electron chi connectivity index (χ4n) is 2.80. The lowest BCUT2D eigenvalue weighted by atomic mass is 9.87. The third-order valence-corrected chi connectivity index (χ3v) is 4.06. The van der Waals surface area contributed by atoms with Crippen LogP contribution in [-0.2, 0) is 16.7 Å². The molecule has 0 aliphatic carbocycles. The van der Waals surface area contributed by atoms with Crippen molar-refractivity contribution in [2.75, 3.05) is 13.2 Å². The largest absolute Gasteiger partial charge is 0.396 e. The highest BCUT2D eigenvalue weighted by molar-refractivity contribution is 5.85. The number of aromatic nitrogens is 1. The molecule has 0 aliphatic heterocycles. The van der Waals surface area contributed by atoms with Crippen LogP contribution in [0.15, 0.2) is 30.5 Å². The van der Waals surface area contributed by atoms with Gasteiger partial charge in [-0.05, 0) is 37.8 Å². The van der Waals surface area contributed by atoms with E-state index < -0.39 is 0 Å². The van der Waals surface area contributed by atoms with Gasteiger partial charge in [0.25, 0.3) is 0 Å². The van der Waals surface area contributed by atoms with E-state index in [2.05, 4.69) is 55.8 Å². The Hall–Kier alpha value is -1.32. The number of aliphatic hydroxyl groups excluding tert-OH is 1. The first-order chi connectivity index (χ1) is 10.6. The summed E-state index contributed by atoms with van der Waals surface area (Å²) in [4.78, 5) is 0. The topological polar surface area (TPSA) is 34.4 Å². The van der Waals surface area contributed by atoms with Gasteiger partial charge in [0.2, 0.25) is 0 Å². The molecule has 0 amide bonds. The van der Waals surface area contributed by atoms with Gasteiger partial charge in [-0.3, -0.25) is 0 Å². The lowest BCUT2D eigenvalue weighted by Crippen LogP contribution is -2.27. The van der Waals surface area contributed by atoms with Crippen LogP contribution in [0.2, 0.25) is 0 Å². The minimum Gasteiger partial charge on any atom is -0.396 e. The summed E-state index contributed by atoms with van der Waals surface area (Å²) in [5, 5.41) is 11.0. The van der Waals surface area contributed by atoms with Crippen molar-refractivity contribution >= 4 is 10.9 Å². The highest BCUT2D eigenvalue weighted by Gasteiger charge is 2.22. The summed E-state index contributed by atoms with van der Waals surface area (Å²) < 4.78 is 8.13. The van der Waals surface area contributed by atoms with Gasteiger partial charge in [-0.2, -0.15) is 0 Å². The number of hydrogen-bond acceptors (Lipinski definition) is 2. The molecule has 128 valence electrons. The van der Waals surface area contributed by atoms with Gasteiger partial charge < -0.3 is 14.4 Å². The maximum atomic E-state index is 9.73. The number of para-hydroxylation sites is 1. The molecule has 2 rings (SSSR count). The van der Waals surface area contributed by atoms with Gasteiger partial charge in [-0.25, -0.2) is 0 Å². The fraction of sp³-hybridized carbons (Fsp3) is 0.600. The first-order valence-corrected chi connectivity index (χ1v) is 8.45. The van der Waals surface area contributed by atoms with Crippen molar-refractivity contribution in [1.29, 1.82) is 0 Å². The second kappa shape index (κ2) is 6.66. The molecule has 1 heterocycles. The second-order valence-corrected chi connectivity index (χ2v) is 8.43. The molecule has 0 saturated heterocycles. The zero-order valence-electron chi connectivity index (χ0n) is 15.4. The zero-order valence-corrected chi connectivity index (χ0v) is 15.4. The maximum absolute atomic E-state index is 9.73. The van der Waals surface area contributed by atoms with Crippen molar-refractivity contribution in [1.82, 2.24) is 4.57 Å². The van der Waals surface area contributed by atoms with Crippen LogP contribution in [-0.4, -0.2) is 28.5 Å². The van der Waals surface area contributed by atoms with Crippen molar-refractivity contribution in [3.05, 3.63) is 36.0 Å². The van der Waals surface area contributed by atoms with E-state index in [9.17, 15) is 5.11 Å². The number of hydrogen-bond donors (Lipinski definition) is 1. The minimum atomic E-state index is -0.178. The second-order valence-electron chi connectivity index (χ2n) is 8.43. The molecule has 1 atom stereocenters. The van der Waals surface area contributed by atoms with E-state index in [4.69, 9.17) is 4.74 Å². The predicted octanol–water partition coefficient (Wildman–Crippen LogP) is 4.36. The molecule has 3 nitrogen and oxygen atoms in total. The lowest BCUT2D eigenvalue weighted by Gasteiger charge is -2.24. The Morgan fingerprint density at radius 2 is 1.74 bits per heavy atom. The van der Waals surface area contributed by atoms with Gasteiger partial charge in [0.05, 0.1) is 12.2 Å². The van der Waals surface area contributed by atoms with Crippen molar-refractivity contribution in [3.63, 3.8) is 0 Å². The molecular formula is C20H31NO2. The molecule has 1 aromatic heterocycles. The van der Waals surface area contributed by atoms with E-state index in [1.807, 2.05) is 20.8 Å². The Balaban J connectivity index is 2.29. The molecule has 1 aromatic carbocycles.